The second-order valence-corrected chi connectivity index (χ2v) is 6.59. The first-order chi connectivity index (χ1) is 8.48. The topological polar surface area (TPSA) is 16.1 Å². The van der Waals surface area contributed by atoms with E-state index in [4.69, 9.17) is 0 Å². The van der Waals surface area contributed by atoms with E-state index in [-0.39, 0.29) is 0 Å². The predicted molar refractivity (Wildman–Crippen MR) is 78.2 cm³/mol. The smallest absolute Gasteiger partial charge is 0.128 e. The average Bonchev–Trinajstić information content (AvgIpc) is 2.38. The summed E-state index contributed by atoms with van der Waals surface area (Å²) >= 11 is 0. The monoisotopic (exact) mass is 246 g/mol. The first-order valence-corrected chi connectivity index (χ1v) is 7.19. The van der Waals surface area contributed by atoms with E-state index in [1.54, 1.807) is 0 Å². The average molecular weight is 246 g/mol. The minimum absolute atomic E-state index is 0.300. The number of pyridine rings is 1. The molecule has 2 heteroatoms. The van der Waals surface area contributed by atoms with Gasteiger partial charge in [-0.05, 0) is 42.2 Å². The van der Waals surface area contributed by atoms with Gasteiger partial charge in [-0.3, -0.25) is 0 Å². The largest absolute Gasteiger partial charge is 0.357 e. The molecule has 1 aromatic rings. The Bertz CT molecular complexity index is 369. The summed E-state index contributed by atoms with van der Waals surface area (Å²) in [5, 5.41) is 0. The maximum absolute atomic E-state index is 4.66. The Hall–Kier alpha value is -1.05. The molecule has 100 valence electrons. The quantitative estimate of drug-likeness (QED) is 0.776. The van der Waals surface area contributed by atoms with E-state index in [9.17, 15) is 0 Å². The molecule has 0 aliphatic carbocycles. The van der Waals surface area contributed by atoms with Crippen molar-refractivity contribution in [3.63, 3.8) is 0 Å². The van der Waals surface area contributed by atoms with Crippen molar-refractivity contribution < 1.29 is 0 Å². The number of rotatable bonds is 2. The molecule has 0 amide bonds. The van der Waals surface area contributed by atoms with Crippen LogP contribution in [0.2, 0.25) is 0 Å². The Balaban J connectivity index is 2.09. The number of aromatic nitrogens is 1. The lowest BCUT2D eigenvalue weighted by atomic mass is 9.78. The number of hydrogen-bond donors (Lipinski definition) is 0. The first-order valence-electron chi connectivity index (χ1n) is 7.19. The van der Waals surface area contributed by atoms with Gasteiger partial charge in [0.2, 0.25) is 0 Å². The van der Waals surface area contributed by atoms with E-state index in [0.29, 0.717) is 11.3 Å². The van der Waals surface area contributed by atoms with Gasteiger partial charge in [-0.2, -0.15) is 0 Å². The molecule has 1 aromatic heterocycles. The van der Waals surface area contributed by atoms with Gasteiger partial charge in [-0.15, -0.1) is 0 Å². The molecule has 2 nitrogen and oxygen atoms in total. The fraction of sp³-hybridized carbons (Fsp3) is 0.688. The molecule has 18 heavy (non-hydrogen) atoms. The standard InChI is InChI=1S/C16H26N2/c1-13(16(2,3)4)14-8-9-15(17-12-14)18-10-6-5-7-11-18/h8-9,12-13H,5-7,10-11H2,1-4H3. The highest BCUT2D eigenvalue weighted by atomic mass is 15.2. The summed E-state index contributed by atoms with van der Waals surface area (Å²) in [5.74, 6) is 1.69. The maximum atomic E-state index is 4.66. The summed E-state index contributed by atoms with van der Waals surface area (Å²) < 4.78 is 0. The molecular weight excluding hydrogens is 220 g/mol. The zero-order valence-electron chi connectivity index (χ0n) is 12.2. The minimum atomic E-state index is 0.300. The van der Waals surface area contributed by atoms with Gasteiger partial charge in [0.05, 0.1) is 0 Å². The van der Waals surface area contributed by atoms with Crippen LogP contribution in [0.5, 0.6) is 0 Å². The summed E-state index contributed by atoms with van der Waals surface area (Å²) in [6.45, 7) is 11.5. The lowest BCUT2D eigenvalue weighted by Crippen LogP contribution is -2.30. The van der Waals surface area contributed by atoms with Crippen molar-refractivity contribution in [2.45, 2.75) is 52.9 Å². The zero-order chi connectivity index (χ0) is 13.2. The van der Waals surface area contributed by atoms with Crippen molar-refractivity contribution in [1.82, 2.24) is 4.98 Å². The predicted octanol–water partition coefficient (Wildman–Crippen LogP) is 4.22. The van der Waals surface area contributed by atoms with E-state index in [2.05, 4.69) is 55.9 Å². The SMILES string of the molecule is CC(c1ccc(N2CCCCC2)nc1)C(C)(C)C. The van der Waals surface area contributed by atoms with E-state index < -0.39 is 0 Å². The van der Waals surface area contributed by atoms with Gasteiger partial charge in [0.15, 0.2) is 0 Å². The maximum Gasteiger partial charge on any atom is 0.128 e. The molecule has 1 aliphatic rings. The van der Waals surface area contributed by atoms with Gasteiger partial charge in [0.1, 0.15) is 5.82 Å². The van der Waals surface area contributed by atoms with Crippen LogP contribution in [0.4, 0.5) is 5.82 Å². The number of nitrogens with zero attached hydrogens (tertiary/aromatic N) is 2. The van der Waals surface area contributed by atoms with Gasteiger partial charge >= 0.3 is 0 Å². The van der Waals surface area contributed by atoms with E-state index in [0.717, 1.165) is 5.82 Å². The summed E-state index contributed by atoms with van der Waals surface area (Å²) in [6, 6.07) is 4.45. The first kappa shape index (κ1) is 13.4. The normalized spacial score (nSPS) is 18.8. The van der Waals surface area contributed by atoms with Crippen LogP contribution in [0.1, 0.15) is 58.4 Å². The molecule has 2 heterocycles. The molecule has 0 saturated carbocycles. The fourth-order valence-electron chi connectivity index (χ4n) is 2.46. The summed E-state index contributed by atoms with van der Waals surface area (Å²) in [5.41, 5.74) is 1.65. The Morgan fingerprint density at radius 3 is 2.28 bits per heavy atom. The summed E-state index contributed by atoms with van der Waals surface area (Å²) in [4.78, 5) is 7.07. The fourth-order valence-corrected chi connectivity index (χ4v) is 2.46. The third-order valence-corrected chi connectivity index (χ3v) is 4.25. The second-order valence-electron chi connectivity index (χ2n) is 6.59. The molecule has 0 aromatic carbocycles. The van der Waals surface area contributed by atoms with E-state index >= 15 is 0 Å². The highest BCUT2D eigenvalue weighted by molar-refractivity contribution is 5.40. The van der Waals surface area contributed by atoms with E-state index in [1.165, 1.54) is 37.9 Å². The molecule has 0 bridgehead atoms. The van der Waals surface area contributed by atoms with Crippen molar-refractivity contribution in [3.8, 4) is 0 Å². The van der Waals surface area contributed by atoms with Gasteiger partial charge in [0, 0.05) is 19.3 Å². The van der Waals surface area contributed by atoms with Crippen LogP contribution in [0, 0.1) is 5.41 Å². The van der Waals surface area contributed by atoms with Crippen LogP contribution in [0.25, 0.3) is 0 Å². The third-order valence-electron chi connectivity index (χ3n) is 4.25. The lowest BCUT2D eigenvalue weighted by molar-refractivity contribution is 0.339. The van der Waals surface area contributed by atoms with Crippen LogP contribution in [0.3, 0.4) is 0 Å². The third kappa shape index (κ3) is 3.04. The van der Waals surface area contributed by atoms with Crippen LogP contribution in [-0.4, -0.2) is 18.1 Å². The number of anilines is 1. The van der Waals surface area contributed by atoms with Crippen molar-refractivity contribution >= 4 is 5.82 Å². The van der Waals surface area contributed by atoms with Crippen LogP contribution >= 0.6 is 0 Å². The van der Waals surface area contributed by atoms with Crippen LogP contribution in [-0.2, 0) is 0 Å². The van der Waals surface area contributed by atoms with Crippen LogP contribution in [0.15, 0.2) is 18.3 Å². The summed E-state index contributed by atoms with van der Waals surface area (Å²) in [7, 11) is 0. The molecule has 0 radical (unpaired) electrons. The van der Waals surface area contributed by atoms with Crippen LogP contribution < -0.4 is 4.90 Å². The number of piperidine rings is 1. The number of hydrogen-bond acceptors (Lipinski definition) is 2. The minimum Gasteiger partial charge on any atom is -0.357 e. The molecule has 0 N–H and O–H groups in total. The highest BCUT2D eigenvalue weighted by Gasteiger charge is 2.22. The molecule has 1 fully saturated rings. The van der Waals surface area contributed by atoms with Gasteiger partial charge < -0.3 is 4.90 Å². The van der Waals surface area contributed by atoms with Crippen molar-refractivity contribution in [1.29, 1.82) is 0 Å². The second kappa shape index (κ2) is 5.29. The Morgan fingerprint density at radius 1 is 1.11 bits per heavy atom. The highest BCUT2D eigenvalue weighted by Crippen LogP contribution is 2.34. The van der Waals surface area contributed by atoms with Gasteiger partial charge in [-0.1, -0.05) is 33.8 Å². The Kier molecular flexibility index (Phi) is 3.94. The molecule has 1 aliphatic heterocycles. The Morgan fingerprint density at radius 2 is 1.78 bits per heavy atom. The molecular formula is C16H26N2. The van der Waals surface area contributed by atoms with Crippen molar-refractivity contribution in [2.24, 2.45) is 5.41 Å². The molecule has 1 atom stereocenters. The zero-order valence-corrected chi connectivity index (χ0v) is 12.2. The lowest BCUT2D eigenvalue weighted by Gasteiger charge is -2.30. The van der Waals surface area contributed by atoms with Crippen molar-refractivity contribution in [2.75, 3.05) is 18.0 Å². The van der Waals surface area contributed by atoms with E-state index in [1.807, 2.05) is 0 Å². The molecule has 1 saturated heterocycles. The molecule has 0 spiro atoms. The Labute approximate surface area is 111 Å². The van der Waals surface area contributed by atoms with Gasteiger partial charge in [0.25, 0.3) is 0 Å². The van der Waals surface area contributed by atoms with Crippen molar-refractivity contribution in [3.05, 3.63) is 23.9 Å². The summed E-state index contributed by atoms with van der Waals surface area (Å²) in [6.07, 6.45) is 6.05. The van der Waals surface area contributed by atoms with Gasteiger partial charge in [-0.25, -0.2) is 4.98 Å². The molecule has 2 rings (SSSR count). The molecule has 1 unspecified atom stereocenters.